The smallest absolute Gasteiger partial charge is 0.305 e. The fraction of sp³-hybridized carbons (Fsp3) is 0.300. The normalized spacial score (nSPS) is 12.2. The van der Waals surface area contributed by atoms with Gasteiger partial charge in [0.1, 0.15) is 17.3 Å². The molecular weight excluding hydrogens is 217 g/mol. The van der Waals surface area contributed by atoms with Gasteiger partial charge < -0.3 is 20.7 Å². The first-order chi connectivity index (χ1) is 7.45. The minimum absolute atomic E-state index is 0.0336. The molecule has 5 nitrogen and oxygen atoms in total. The van der Waals surface area contributed by atoms with E-state index in [1.807, 2.05) is 0 Å². The summed E-state index contributed by atoms with van der Waals surface area (Å²) in [5, 5.41) is 17.7. The lowest BCUT2D eigenvalue weighted by atomic mass is 10.0. The predicted molar refractivity (Wildman–Crippen MR) is 53.8 cm³/mol. The summed E-state index contributed by atoms with van der Waals surface area (Å²) in [6, 6.07) is 1.02. The molecule has 0 aliphatic heterocycles. The van der Waals surface area contributed by atoms with E-state index in [1.54, 1.807) is 0 Å². The average Bonchev–Trinajstić information content (AvgIpc) is 2.14. The van der Waals surface area contributed by atoms with Crippen molar-refractivity contribution in [3.05, 3.63) is 23.5 Å². The molecule has 4 N–H and O–H groups in total. The zero-order chi connectivity index (χ0) is 12.3. The lowest BCUT2D eigenvalue weighted by molar-refractivity contribution is -0.137. The van der Waals surface area contributed by atoms with E-state index in [-0.39, 0.29) is 17.1 Å². The Bertz CT molecular complexity index is 408. The number of ether oxygens (including phenoxy) is 1. The van der Waals surface area contributed by atoms with E-state index >= 15 is 0 Å². The molecule has 0 aliphatic rings. The van der Waals surface area contributed by atoms with Gasteiger partial charge in [0, 0.05) is 23.7 Å². The van der Waals surface area contributed by atoms with Gasteiger partial charge in [-0.15, -0.1) is 0 Å². The Balaban J connectivity index is 3.15. The fourth-order valence-electron chi connectivity index (χ4n) is 1.40. The first-order valence-electron chi connectivity index (χ1n) is 4.49. The molecule has 1 aromatic carbocycles. The Kier molecular flexibility index (Phi) is 3.68. The molecule has 0 saturated carbocycles. The molecule has 0 fully saturated rings. The summed E-state index contributed by atoms with van der Waals surface area (Å²) < 4.78 is 18.3. The molecule has 1 aromatic rings. The van der Waals surface area contributed by atoms with Crippen molar-refractivity contribution in [1.82, 2.24) is 0 Å². The Hall–Kier alpha value is -1.82. The number of carbonyl (C=O) groups is 1. The molecule has 0 spiro atoms. The fourth-order valence-corrected chi connectivity index (χ4v) is 1.40. The predicted octanol–water partition coefficient (Wildman–Crippen LogP) is 1.01. The Morgan fingerprint density at radius 1 is 1.62 bits per heavy atom. The van der Waals surface area contributed by atoms with E-state index in [1.165, 1.54) is 13.2 Å². The van der Waals surface area contributed by atoms with Crippen LogP contribution in [0.2, 0.25) is 0 Å². The van der Waals surface area contributed by atoms with Crippen LogP contribution in [0.5, 0.6) is 11.5 Å². The molecular formula is C10H12FNO4. The zero-order valence-corrected chi connectivity index (χ0v) is 8.61. The van der Waals surface area contributed by atoms with Gasteiger partial charge in [-0.25, -0.2) is 4.39 Å². The Labute approximate surface area is 91.3 Å². The van der Waals surface area contributed by atoms with E-state index in [2.05, 4.69) is 0 Å². The van der Waals surface area contributed by atoms with Crippen LogP contribution in [0, 0.1) is 5.82 Å². The van der Waals surface area contributed by atoms with Crippen LogP contribution in [-0.4, -0.2) is 23.3 Å². The highest BCUT2D eigenvalue weighted by Gasteiger charge is 2.20. The summed E-state index contributed by atoms with van der Waals surface area (Å²) in [6.45, 7) is 0. The molecule has 0 aliphatic carbocycles. The van der Waals surface area contributed by atoms with Crippen molar-refractivity contribution in [2.45, 2.75) is 12.5 Å². The van der Waals surface area contributed by atoms with Gasteiger partial charge >= 0.3 is 5.97 Å². The van der Waals surface area contributed by atoms with Gasteiger partial charge in [0.15, 0.2) is 0 Å². The maximum Gasteiger partial charge on any atom is 0.305 e. The number of rotatable bonds is 4. The second-order valence-corrected chi connectivity index (χ2v) is 3.25. The monoisotopic (exact) mass is 229 g/mol. The van der Waals surface area contributed by atoms with Crippen LogP contribution in [-0.2, 0) is 4.79 Å². The van der Waals surface area contributed by atoms with Crippen molar-refractivity contribution in [2.75, 3.05) is 7.11 Å². The molecule has 0 heterocycles. The van der Waals surface area contributed by atoms with Crippen LogP contribution >= 0.6 is 0 Å². The average molecular weight is 229 g/mol. The van der Waals surface area contributed by atoms with E-state index in [0.717, 1.165) is 6.07 Å². The number of phenolic OH excluding ortho intramolecular Hbond substituents is 1. The van der Waals surface area contributed by atoms with Crippen LogP contribution < -0.4 is 10.5 Å². The number of phenols is 1. The van der Waals surface area contributed by atoms with Crippen molar-refractivity contribution < 1.29 is 24.1 Å². The largest absolute Gasteiger partial charge is 0.508 e. The SMILES string of the molecule is COc1cc(O)cc(F)c1C(N)CC(=O)O. The quantitative estimate of drug-likeness (QED) is 0.716. The maximum absolute atomic E-state index is 13.5. The topological polar surface area (TPSA) is 92.8 Å². The number of nitrogens with two attached hydrogens (primary N) is 1. The molecule has 6 heteroatoms. The first-order valence-corrected chi connectivity index (χ1v) is 4.49. The van der Waals surface area contributed by atoms with Gasteiger partial charge in [0.2, 0.25) is 0 Å². The molecule has 0 saturated heterocycles. The number of aliphatic carboxylic acids is 1. The number of methoxy groups -OCH3 is 1. The van der Waals surface area contributed by atoms with Gasteiger partial charge in [0.05, 0.1) is 13.5 Å². The van der Waals surface area contributed by atoms with Crippen molar-refractivity contribution in [3.63, 3.8) is 0 Å². The molecule has 0 amide bonds. The summed E-state index contributed by atoms with van der Waals surface area (Å²) in [5.41, 5.74) is 5.49. The number of aromatic hydroxyl groups is 1. The zero-order valence-electron chi connectivity index (χ0n) is 8.61. The number of hydrogen-bond donors (Lipinski definition) is 3. The lowest BCUT2D eigenvalue weighted by Gasteiger charge is -2.15. The number of carboxylic acids is 1. The molecule has 0 aromatic heterocycles. The van der Waals surface area contributed by atoms with Crippen LogP contribution in [0.25, 0.3) is 0 Å². The molecule has 1 rings (SSSR count). The summed E-state index contributed by atoms with van der Waals surface area (Å²) >= 11 is 0. The van der Waals surface area contributed by atoms with Gasteiger partial charge in [-0.3, -0.25) is 4.79 Å². The molecule has 1 unspecified atom stereocenters. The third-order valence-corrected chi connectivity index (χ3v) is 2.06. The lowest BCUT2D eigenvalue weighted by Crippen LogP contribution is -2.17. The van der Waals surface area contributed by atoms with Gasteiger partial charge in [-0.1, -0.05) is 0 Å². The summed E-state index contributed by atoms with van der Waals surface area (Å²) in [7, 11) is 1.28. The summed E-state index contributed by atoms with van der Waals surface area (Å²) in [4.78, 5) is 10.5. The van der Waals surface area contributed by atoms with Crippen molar-refractivity contribution in [3.8, 4) is 11.5 Å². The van der Waals surface area contributed by atoms with Crippen molar-refractivity contribution >= 4 is 5.97 Å². The van der Waals surface area contributed by atoms with Crippen LogP contribution in [0.3, 0.4) is 0 Å². The van der Waals surface area contributed by atoms with E-state index < -0.39 is 24.2 Å². The number of benzene rings is 1. The maximum atomic E-state index is 13.5. The highest BCUT2D eigenvalue weighted by atomic mass is 19.1. The second-order valence-electron chi connectivity index (χ2n) is 3.25. The van der Waals surface area contributed by atoms with Gasteiger partial charge in [-0.05, 0) is 0 Å². The van der Waals surface area contributed by atoms with Crippen LogP contribution in [0.15, 0.2) is 12.1 Å². The van der Waals surface area contributed by atoms with Crippen LogP contribution in [0.4, 0.5) is 4.39 Å². The number of carboxylic acid groups (broad SMARTS) is 1. The molecule has 88 valence electrons. The highest BCUT2D eigenvalue weighted by Crippen LogP contribution is 2.32. The molecule has 0 bridgehead atoms. The van der Waals surface area contributed by atoms with Crippen LogP contribution in [0.1, 0.15) is 18.0 Å². The number of halogens is 1. The molecule has 1 atom stereocenters. The first kappa shape index (κ1) is 12.3. The van der Waals surface area contributed by atoms with Crippen molar-refractivity contribution in [1.29, 1.82) is 0 Å². The Morgan fingerprint density at radius 2 is 2.25 bits per heavy atom. The number of hydrogen-bond acceptors (Lipinski definition) is 4. The summed E-state index contributed by atoms with van der Waals surface area (Å²) in [6.07, 6.45) is -0.419. The minimum atomic E-state index is -1.14. The van der Waals surface area contributed by atoms with Crippen molar-refractivity contribution in [2.24, 2.45) is 5.73 Å². The minimum Gasteiger partial charge on any atom is -0.508 e. The van der Waals surface area contributed by atoms with E-state index in [9.17, 15) is 9.18 Å². The molecule has 16 heavy (non-hydrogen) atoms. The van der Waals surface area contributed by atoms with E-state index in [4.69, 9.17) is 20.7 Å². The Morgan fingerprint density at radius 3 is 2.75 bits per heavy atom. The standard InChI is InChI=1S/C10H12FNO4/c1-16-8-3-5(13)2-6(11)10(8)7(12)4-9(14)15/h2-3,7,13H,4,12H2,1H3,(H,14,15). The third-order valence-electron chi connectivity index (χ3n) is 2.06. The second kappa shape index (κ2) is 4.80. The highest BCUT2D eigenvalue weighted by molar-refractivity contribution is 5.68. The summed E-state index contributed by atoms with van der Waals surface area (Å²) in [5.74, 6) is -2.19. The molecule has 0 radical (unpaired) electrons. The van der Waals surface area contributed by atoms with E-state index in [0.29, 0.717) is 0 Å². The van der Waals surface area contributed by atoms with Gasteiger partial charge in [-0.2, -0.15) is 0 Å². The third kappa shape index (κ3) is 2.60. The van der Waals surface area contributed by atoms with Gasteiger partial charge in [0.25, 0.3) is 0 Å².